The van der Waals surface area contributed by atoms with Gasteiger partial charge in [-0.25, -0.2) is 4.79 Å². The molecule has 0 radical (unpaired) electrons. The number of carbonyl (C=O) groups is 2. The Hall–Kier alpha value is -0.950. The van der Waals surface area contributed by atoms with Crippen molar-refractivity contribution in [1.29, 1.82) is 0 Å². The van der Waals surface area contributed by atoms with Crippen molar-refractivity contribution in [2.45, 2.75) is 19.4 Å². The third-order valence-electron chi connectivity index (χ3n) is 1.13. The maximum atomic E-state index is 11.0. The van der Waals surface area contributed by atoms with E-state index >= 15 is 0 Å². The van der Waals surface area contributed by atoms with E-state index < -0.39 is 22.2 Å². The van der Waals surface area contributed by atoms with E-state index in [-0.39, 0.29) is 13.0 Å². The minimum atomic E-state index is -3.67. The van der Waals surface area contributed by atoms with Crippen molar-refractivity contribution in [3.63, 3.8) is 0 Å². The second-order valence-electron chi connectivity index (χ2n) is 2.57. The Balaban J connectivity index is 3.94. The third-order valence-corrected chi connectivity index (χ3v) is 1.77. The molecule has 0 bridgehead atoms. The second-order valence-corrected chi connectivity index (χ2v) is 4.17. The lowest BCUT2D eigenvalue weighted by molar-refractivity contribution is -0.151. The van der Waals surface area contributed by atoms with Crippen LogP contribution >= 0.6 is 0 Å². The largest absolute Gasteiger partial charge is 0.463 e. The first-order valence-corrected chi connectivity index (χ1v) is 5.67. The van der Waals surface area contributed by atoms with E-state index in [0.717, 1.165) is 6.26 Å². The van der Waals surface area contributed by atoms with E-state index in [1.165, 1.54) is 6.92 Å². The van der Waals surface area contributed by atoms with Gasteiger partial charge in [0.25, 0.3) is 10.1 Å². The van der Waals surface area contributed by atoms with Crippen molar-refractivity contribution >= 4 is 22.4 Å². The highest BCUT2D eigenvalue weighted by Crippen LogP contribution is 1.99. The SMILES string of the molecule is CC(OS(C)(=O)=O)C(=O)OCCC=O. The minimum absolute atomic E-state index is 0.0696. The molecule has 1 atom stereocenters. The van der Waals surface area contributed by atoms with Gasteiger partial charge in [0.2, 0.25) is 0 Å². The van der Waals surface area contributed by atoms with Crippen LogP contribution in [0.2, 0.25) is 0 Å². The Morgan fingerprint density at radius 2 is 2.07 bits per heavy atom. The van der Waals surface area contributed by atoms with E-state index in [9.17, 15) is 18.0 Å². The normalized spacial score (nSPS) is 13.3. The summed E-state index contributed by atoms with van der Waals surface area (Å²) >= 11 is 0. The first kappa shape index (κ1) is 13.1. The molecule has 82 valence electrons. The lowest BCUT2D eigenvalue weighted by Crippen LogP contribution is -2.26. The third kappa shape index (κ3) is 6.55. The molecule has 0 amide bonds. The predicted octanol–water partition coefficient (Wildman–Crippen LogP) is -0.517. The van der Waals surface area contributed by atoms with Crippen LogP contribution in [0.4, 0.5) is 0 Å². The number of hydrogen-bond acceptors (Lipinski definition) is 6. The molecular weight excluding hydrogens is 212 g/mol. The minimum Gasteiger partial charge on any atom is -0.463 e. The number of ether oxygens (including phenoxy) is 1. The molecule has 0 aromatic rings. The smallest absolute Gasteiger partial charge is 0.336 e. The first-order chi connectivity index (χ1) is 6.37. The molecule has 0 rings (SSSR count). The lowest BCUT2D eigenvalue weighted by atomic mass is 10.4. The van der Waals surface area contributed by atoms with Crippen LogP contribution in [0.3, 0.4) is 0 Å². The zero-order valence-corrected chi connectivity index (χ0v) is 8.74. The van der Waals surface area contributed by atoms with Gasteiger partial charge in [0, 0.05) is 6.42 Å². The van der Waals surface area contributed by atoms with Crippen LogP contribution in [0.5, 0.6) is 0 Å². The molecule has 1 unspecified atom stereocenters. The standard InChI is InChI=1S/C7H12O6S/c1-6(13-14(2,10)11)7(9)12-5-3-4-8/h4,6H,3,5H2,1-2H3. The van der Waals surface area contributed by atoms with Crippen molar-refractivity contribution in [3.8, 4) is 0 Å². The number of esters is 1. The van der Waals surface area contributed by atoms with Crippen molar-refractivity contribution in [2.24, 2.45) is 0 Å². The molecule has 0 saturated heterocycles. The molecule has 0 aliphatic carbocycles. The summed E-state index contributed by atoms with van der Waals surface area (Å²) in [5, 5.41) is 0. The highest BCUT2D eigenvalue weighted by molar-refractivity contribution is 7.86. The summed E-state index contributed by atoms with van der Waals surface area (Å²) in [6, 6.07) is 0. The van der Waals surface area contributed by atoms with Gasteiger partial charge in [-0.15, -0.1) is 0 Å². The highest BCUT2D eigenvalue weighted by Gasteiger charge is 2.19. The molecule has 0 saturated carbocycles. The molecule has 0 fully saturated rings. The van der Waals surface area contributed by atoms with Crippen LogP contribution in [-0.2, 0) is 28.6 Å². The van der Waals surface area contributed by atoms with Gasteiger partial charge in [0.1, 0.15) is 6.29 Å². The van der Waals surface area contributed by atoms with Crippen LogP contribution in [0.25, 0.3) is 0 Å². The summed E-state index contributed by atoms with van der Waals surface area (Å²) in [6.45, 7) is 1.18. The average Bonchev–Trinajstić information content (AvgIpc) is 2.01. The predicted molar refractivity (Wildman–Crippen MR) is 47.0 cm³/mol. The quantitative estimate of drug-likeness (QED) is 0.261. The Bertz CT molecular complexity index is 293. The fourth-order valence-corrected chi connectivity index (χ4v) is 1.23. The van der Waals surface area contributed by atoms with Crippen LogP contribution < -0.4 is 0 Å². The van der Waals surface area contributed by atoms with Gasteiger partial charge in [0.05, 0.1) is 12.9 Å². The first-order valence-electron chi connectivity index (χ1n) is 3.85. The summed E-state index contributed by atoms with van der Waals surface area (Å²) in [5.41, 5.74) is 0. The number of rotatable bonds is 6. The van der Waals surface area contributed by atoms with E-state index in [4.69, 9.17) is 0 Å². The molecule has 14 heavy (non-hydrogen) atoms. The van der Waals surface area contributed by atoms with E-state index in [1.54, 1.807) is 0 Å². The highest BCUT2D eigenvalue weighted by atomic mass is 32.2. The van der Waals surface area contributed by atoms with E-state index in [1.807, 2.05) is 0 Å². The molecular formula is C7H12O6S. The maximum Gasteiger partial charge on any atom is 0.336 e. The van der Waals surface area contributed by atoms with Crippen LogP contribution in [0, 0.1) is 0 Å². The van der Waals surface area contributed by atoms with Crippen LogP contribution in [0.1, 0.15) is 13.3 Å². The Morgan fingerprint density at radius 1 is 1.50 bits per heavy atom. The zero-order chi connectivity index (χ0) is 11.2. The van der Waals surface area contributed by atoms with Crippen molar-refractivity contribution < 1.29 is 26.9 Å². The average molecular weight is 224 g/mol. The van der Waals surface area contributed by atoms with Gasteiger partial charge in [-0.05, 0) is 6.92 Å². The van der Waals surface area contributed by atoms with E-state index in [2.05, 4.69) is 8.92 Å². The zero-order valence-electron chi connectivity index (χ0n) is 7.93. The molecule has 6 nitrogen and oxygen atoms in total. The fourth-order valence-electron chi connectivity index (χ4n) is 0.626. The van der Waals surface area contributed by atoms with Gasteiger partial charge in [-0.1, -0.05) is 0 Å². The van der Waals surface area contributed by atoms with Gasteiger partial charge in [-0.3, -0.25) is 4.18 Å². The molecule has 0 heterocycles. The molecule has 0 spiro atoms. The molecule has 0 N–H and O–H groups in total. The van der Waals surface area contributed by atoms with Gasteiger partial charge < -0.3 is 9.53 Å². The number of hydrogen-bond donors (Lipinski definition) is 0. The van der Waals surface area contributed by atoms with Crippen molar-refractivity contribution in [3.05, 3.63) is 0 Å². The Kier molecular flexibility index (Phi) is 5.32. The second kappa shape index (κ2) is 5.71. The molecule has 7 heteroatoms. The van der Waals surface area contributed by atoms with E-state index in [0.29, 0.717) is 6.29 Å². The number of aldehydes is 1. The lowest BCUT2D eigenvalue weighted by Gasteiger charge is -2.09. The molecule has 0 aliphatic rings. The summed E-state index contributed by atoms with van der Waals surface area (Å²) in [4.78, 5) is 20.8. The summed E-state index contributed by atoms with van der Waals surface area (Å²) in [6.07, 6.45) is 0.325. The summed E-state index contributed by atoms with van der Waals surface area (Å²) in [5.74, 6) is -0.808. The molecule has 0 aromatic carbocycles. The summed E-state index contributed by atoms with van der Waals surface area (Å²) < 4.78 is 30.0. The van der Waals surface area contributed by atoms with Gasteiger partial charge in [-0.2, -0.15) is 8.42 Å². The van der Waals surface area contributed by atoms with Crippen molar-refractivity contribution in [2.75, 3.05) is 12.9 Å². The van der Waals surface area contributed by atoms with Crippen LogP contribution in [-0.4, -0.2) is 39.6 Å². The van der Waals surface area contributed by atoms with Gasteiger partial charge in [0.15, 0.2) is 6.10 Å². The van der Waals surface area contributed by atoms with Crippen molar-refractivity contribution in [1.82, 2.24) is 0 Å². The fraction of sp³-hybridized carbons (Fsp3) is 0.714. The van der Waals surface area contributed by atoms with Crippen LogP contribution in [0.15, 0.2) is 0 Å². The Morgan fingerprint density at radius 3 is 2.50 bits per heavy atom. The topological polar surface area (TPSA) is 86.7 Å². The summed E-state index contributed by atoms with van der Waals surface area (Å²) in [7, 11) is -3.67. The maximum absolute atomic E-state index is 11.0. The Labute approximate surface area is 82.3 Å². The van der Waals surface area contributed by atoms with Gasteiger partial charge >= 0.3 is 5.97 Å². The molecule has 0 aromatic heterocycles. The number of carbonyl (C=O) groups excluding carboxylic acids is 2. The monoisotopic (exact) mass is 224 g/mol. The molecule has 0 aliphatic heterocycles.